The molecule has 0 atom stereocenters. The van der Waals surface area contributed by atoms with Crippen LogP contribution in [0.15, 0.2) is 78.9 Å². The Morgan fingerprint density at radius 2 is 1.56 bits per heavy atom. The van der Waals surface area contributed by atoms with Crippen LogP contribution in [0.4, 0.5) is 0 Å². The molecule has 2 heterocycles. The van der Waals surface area contributed by atoms with E-state index in [0.717, 1.165) is 56.5 Å². The largest absolute Gasteiger partial charge is 0.497 e. The van der Waals surface area contributed by atoms with Crippen molar-refractivity contribution >= 4 is 27.7 Å². The first-order valence-corrected chi connectivity index (χ1v) is 11.1. The maximum Gasteiger partial charge on any atom is 0.269 e. The van der Waals surface area contributed by atoms with Crippen LogP contribution in [0, 0.1) is 0 Å². The van der Waals surface area contributed by atoms with E-state index in [4.69, 9.17) is 14.5 Å². The lowest BCUT2D eigenvalue weighted by Crippen LogP contribution is -2.26. The van der Waals surface area contributed by atoms with Crippen LogP contribution >= 0.6 is 0 Å². The molecular weight excluding hydrogens is 426 g/mol. The Balaban J connectivity index is 1.47. The molecule has 2 N–H and O–H groups in total. The molecule has 0 bridgehead atoms. The van der Waals surface area contributed by atoms with Crippen LogP contribution in [0.5, 0.6) is 11.5 Å². The second-order valence-corrected chi connectivity index (χ2v) is 8.03. The fourth-order valence-corrected chi connectivity index (χ4v) is 4.12. The van der Waals surface area contributed by atoms with Gasteiger partial charge in [-0.05, 0) is 60.5 Å². The minimum Gasteiger partial charge on any atom is -0.497 e. The number of para-hydroxylation sites is 1. The summed E-state index contributed by atoms with van der Waals surface area (Å²) in [6, 6.07) is 25.5. The minimum absolute atomic E-state index is 0.199. The monoisotopic (exact) mass is 451 g/mol. The van der Waals surface area contributed by atoms with Crippen LogP contribution < -0.4 is 14.8 Å². The van der Waals surface area contributed by atoms with Crippen LogP contribution in [0.3, 0.4) is 0 Å². The molecule has 0 radical (unpaired) electrons. The second-order valence-electron chi connectivity index (χ2n) is 8.03. The van der Waals surface area contributed by atoms with Crippen LogP contribution in [0.1, 0.15) is 16.1 Å². The number of aromatic amines is 1. The third kappa shape index (κ3) is 4.18. The Bertz CT molecular complexity index is 1450. The number of rotatable bonds is 7. The summed E-state index contributed by atoms with van der Waals surface area (Å²) in [4.78, 5) is 21.3. The molecular formula is C28H25N3O3. The van der Waals surface area contributed by atoms with Gasteiger partial charge in [-0.25, -0.2) is 4.98 Å². The summed E-state index contributed by atoms with van der Waals surface area (Å²) in [7, 11) is 3.28. The lowest BCUT2D eigenvalue weighted by atomic mass is 10.1. The summed E-state index contributed by atoms with van der Waals surface area (Å²) in [5.74, 6) is 1.38. The molecule has 2 aromatic heterocycles. The molecule has 0 fully saturated rings. The van der Waals surface area contributed by atoms with E-state index in [-0.39, 0.29) is 5.91 Å². The molecule has 5 aromatic rings. The van der Waals surface area contributed by atoms with Crippen molar-refractivity contribution in [1.82, 2.24) is 15.3 Å². The van der Waals surface area contributed by atoms with Gasteiger partial charge in [0, 0.05) is 28.4 Å². The zero-order valence-corrected chi connectivity index (χ0v) is 19.1. The maximum absolute atomic E-state index is 13.1. The van der Waals surface area contributed by atoms with Crippen LogP contribution in [0.2, 0.25) is 0 Å². The van der Waals surface area contributed by atoms with Crippen molar-refractivity contribution in [2.75, 3.05) is 20.8 Å². The summed E-state index contributed by atoms with van der Waals surface area (Å²) in [6.45, 7) is 0.511. The number of methoxy groups -OCH3 is 2. The normalized spacial score (nSPS) is 11.0. The number of pyridine rings is 1. The van der Waals surface area contributed by atoms with Gasteiger partial charge in [0.2, 0.25) is 0 Å². The van der Waals surface area contributed by atoms with Gasteiger partial charge in [-0.1, -0.05) is 30.3 Å². The number of H-pyrrole nitrogens is 1. The lowest BCUT2D eigenvalue weighted by molar-refractivity contribution is 0.0949. The van der Waals surface area contributed by atoms with Gasteiger partial charge in [-0.3, -0.25) is 4.79 Å². The van der Waals surface area contributed by atoms with Crippen molar-refractivity contribution in [3.63, 3.8) is 0 Å². The van der Waals surface area contributed by atoms with Gasteiger partial charge >= 0.3 is 0 Å². The first kappa shape index (κ1) is 21.5. The molecule has 0 saturated carbocycles. The van der Waals surface area contributed by atoms with E-state index in [1.807, 2.05) is 72.8 Å². The maximum atomic E-state index is 13.1. The molecule has 3 aromatic carbocycles. The Hall–Kier alpha value is -4.32. The quantitative estimate of drug-likeness (QED) is 0.349. The molecule has 34 heavy (non-hydrogen) atoms. The van der Waals surface area contributed by atoms with Crippen molar-refractivity contribution in [1.29, 1.82) is 0 Å². The highest BCUT2D eigenvalue weighted by atomic mass is 16.5. The Labute approximate surface area is 197 Å². The number of hydrogen-bond donors (Lipinski definition) is 2. The molecule has 6 nitrogen and oxygen atoms in total. The van der Waals surface area contributed by atoms with Gasteiger partial charge in [0.25, 0.3) is 5.91 Å². The zero-order chi connectivity index (χ0) is 23.5. The first-order valence-electron chi connectivity index (χ1n) is 11.1. The zero-order valence-electron chi connectivity index (χ0n) is 19.1. The molecule has 0 aliphatic heterocycles. The summed E-state index contributed by atoms with van der Waals surface area (Å²) in [5.41, 5.74) is 5.06. The number of carbonyl (C=O) groups is 1. The van der Waals surface area contributed by atoms with Crippen molar-refractivity contribution in [2.24, 2.45) is 0 Å². The van der Waals surface area contributed by atoms with Crippen LogP contribution in [0.25, 0.3) is 33.1 Å². The number of amides is 1. The van der Waals surface area contributed by atoms with E-state index >= 15 is 0 Å². The fourth-order valence-electron chi connectivity index (χ4n) is 4.12. The summed E-state index contributed by atoms with van der Waals surface area (Å²) in [6.07, 6.45) is 0.719. The van der Waals surface area contributed by atoms with Crippen molar-refractivity contribution in [3.8, 4) is 22.8 Å². The smallest absolute Gasteiger partial charge is 0.269 e. The number of nitrogens with one attached hydrogen (secondary N) is 2. The summed E-state index contributed by atoms with van der Waals surface area (Å²) >= 11 is 0. The van der Waals surface area contributed by atoms with Gasteiger partial charge in [-0.2, -0.15) is 0 Å². The molecule has 0 saturated heterocycles. The van der Waals surface area contributed by atoms with Crippen molar-refractivity contribution in [3.05, 3.63) is 90.1 Å². The molecule has 170 valence electrons. The van der Waals surface area contributed by atoms with E-state index < -0.39 is 0 Å². The number of aromatic nitrogens is 2. The predicted molar refractivity (Wildman–Crippen MR) is 135 cm³/mol. The highest BCUT2D eigenvalue weighted by molar-refractivity contribution is 6.13. The van der Waals surface area contributed by atoms with Crippen LogP contribution in [-0.2, 0) is 6.42 Å². The van der Waals surface area contributed by atoms with Crippen molar-refractivity contribution in [2.45, 2.75) is 6.42 Å². The molecule has 0 aliphatic rings. The number of ether oxygens (including phenoxy) is 2. The lowest BCUT2D eigenvalue weighted by Gasteiger charge is -2.09. The summed E-state index contributed by atoms with van der Waals surface area (Å²) < 4.78 is 10.5. The number of hydrogen-bond acceptors (Lipinski definition) is 4. The average molecular weight is 452 g/mol. The third-order valence-electron chi connectivity index (χ3n) is 5.95. The van der Waals surface area contributed by atoms with E-state index in [1.54, 1.807) is 14.2 Å². The fraction of sp³-hybridized carbons (Fsp3) is 0.143. The highest BCUT2D eigenvalue weighted by Crippen LogP contribution is 2.33. The molecule has 5 rings (SSSR count). The van der Waals surface area contributed by atoms with E-state index in [1.165, 1.54) is 0 Å². The second kappa shape index (κ2) is 9.27. The van der Waals surface area contributed by atoms with E-state index in [9.17, 15) is 4.79 Å². The molecule has 0 unspecified atom stereocenters. The third-order valence-corrected chi connectivity index (χ3v) is 5.95. The van der Waals surface area contributed by atoms with Gasteiger partial charge in [0.15, 0.2) is 0 Å². The molecule has 6 heteroatoms. The van der Waals surface area contributed by atoms with Crippen LogP contribution in [-0.4, -0.2) is 36.6 Å². The number of benzene rings is 3. The van der Waals surface area contributed by atoms with Gasteiger partial charge in [0.05, 0.1) is 25.4 Å². The minimum atomic E-state index is -0.199. The topological polar surface area (TPSA) is 76.2 Å². The average Bonchev–Trinajstić information content (AvgIpc) is 3.27. The SMILES string of the molecule is COc1ccc(CCNC(=O)c2cc3c([nH]c4ccccc43)c(-c3ccc(OC)cc3)n2)cc1. The molecule has 1 amide bonds. The highest BCUT2D eigenvalue weighted by Gasteiger charge is 2.17. The standard InChI is InChI=1S/C28H25N3O3/c1-33-20-11-7-18(8-12-20)15-16-29-28(32)25-17-23-22-5-3-4-6-24(22)30-27(23)26(31-25)19-9-13-21(34-2)14-10-19/h3-14,17,30H,15-16H2,1-2H3,(H,29,32). The Morgan fingerprint density at radius 1 is 0.882 bits per heavy atom. The number of nitrogens with zero attached hydrogens (tertiary/aromatic N) is 1. The van der Waals surface area contributed by atoms with Gasteiger partial charge < -0.3 is 19.8 Å². The van der Waals surface area contributed by atoms with E-state index in [0.29, 0.717) is 12.2 Å². The number of fused-ring (bicyclic) bond motifs is 3. The Kier molecular flexibility index (Phi) is 5.87. The molecule has 0 spiro atoms. The molecule has 0 aliphatic carbocycles. The van der Waals surface area contributed by atoms with E-state index in [2.05, 4.69) is 16.4 Å². The summed E-state index contributed by atoms with van der Waals surface area (Å²) in [5, 5.41) is 5.04. The predicted octanol–water partition coefficient (Wildman–Crippen LogP) is 5.37. The van der Waals surface area contributed by atoms with Gasteiger partial charge in [0.1, 0.15) is 17.2 Å². The first-order chi connectivity index (χ1) is 16.7. The Morgan fingerprint density at radius 3 is 2.26 bits per heavy atom. The van der Waals surface area contributed by atoms with Crippen molar-refractivity contribution < 1.29 is 14.3 Å². The number of carbonyl (C=O) groups excluding carboxylic acids is 1. The van der Waals surface area contributed by atoms with Gasteiger partial charge in [-0.15, -0.1) is 0 Å².